The van der Waals surface area contributed by atoms with E-state index in [1.807, 2.05) is 0 Å². The maximum absolute atomic E-state index is 12.8. The summed E-state index contributed by atoms with van der Waals surface area (Å²) in [4.78, 5) is 11.4. The molecule has 1 N–H and O–H groups in total. The molecule has 5 nitrogen and oxygen atoms in total. The molecule has 0 saturated carbocycles. The van der Waals surface area contributed by atoms with E-state index in [9.17, 15) is 22.0 Å². The van der Waals surface area contributed by atoms with E-state index in [1.165, 1.54) is 12.1 Å². The molecule has 0 aliphatic carbocycles. The minimum Gasteiger partial charge on any atom is -0.454 e. The van der Waals surface area contributed by atoms with Gasteiger partial charge in [0.15, 0.2) is 6.61 Å². The van der Waals surface area contributed by atoms with Crippen molar-refractivity contribution >= 4 is 38.7 Å². The molecule has 0 saturated heterocycles. The molecule has 0 radical (unpaired) electrons. The fraction of sp³-hybridized carbons (Fsp3) is 0.222. The normalized spacial score (nSPS) is 12.2. The van der Waals surface area contributed by atoms with Gasteiger partial charge in [-0.1, -0.05) is 12.1 Å². The van der Waals surface area contributed by atoms with Crippen LogP contribution in [0.3, 0.4) is 0 Å². The fourth-order valence-corrected chi connectivity index (χ4v) is 1.74. The van der Waals surface area contributed by atoms with Gasteiger partial charge in [0.25, 0.3) is 0 Å². The molecule has 1 aromatic carbocycles. The second-order valence-electron chi connectivity index (χ2n) is 3.17. The molecule has 18 heavy (non-hydrogen) atoms. The summed E-state index contributed by atoms with van der Waals surface area (Å²) < 4.78 is 59.0. The number of benzene rings is 1. The number of hydrogen-bond donors (Lipinski definition) is 1. The molecule has 0 fully saturated rings. The lowest BCUT2D eigenvalue weighted by molar-refractivity contribution is -0.00957. The standard InChI is InChI=1S/C9H7F2IO5S/c10-9(11,18(14,15)16)5-17-8(13)6-3-1-2-4-7(6)12/h1-4H,5H2,(H,14,15,16). The zero-order chi connectivity index (χ0) is 14.0. The SMILES string of the molecule is O=C(OCC(F)(F)S(=O)(=O)O)c1ccccc1I. The highest BCUT2D eigenvalue weighted by Gasteiger charge is 2.45. The third-order valence-electron chi connectivity index (χ3n) is 1.84. The third kappa shape index (κ3) is 3.59. The van der Waals surface area contributed by atoms with Gasteiger partial charge in [0, 0.05) is 3.57 Å². The highest BCUT2D eigenvalue weighted by Crippen LogP contribution is 2.21. The average Bonchev–Trinajstić information content (AvgIpc) is 2.25. The van der Waals surface area contributed by atoms with E-state index in [1.54, 1.807) is 34.7 Å². The molecule has 100 valence electrons. The quantitative estimate of drug-likeness (QED) is 0.481. The largest absolute Gasteiger partial charge is 0.454 e. The molecule has 0 aromatic heterocycles. The number of halogens is 3. The zero-order valence-electron chi connectivity index (χ0n) is 8.64. The first-order chi connectivity index (χ1) is 8.15. The number of esters is 1. The number of hydrogen-bond acceptors (Lipinski definition) is 4. The lowest BCUT2D eigenvalue weighted by Crippen LogP contribution is -2.34. The Kier molecular flexibility index (Phi) is 4.61. The van der Waals surface area contributed by atoms with Crippen LogP contribution in [-0.4, -0.2) is 30.8 Å². The Hall–Kier alpha value is -0.810. The van der Waals surface area contributed by atoms with Crippen molar-refractivity contribution in [1.29, 1.82) is 0 Å². The lowest BCUT2D eigenvalue weighted by atomic mass is 10.2. The first kappa shape index (κ1) is 15.2. The molecular formula is C9H7F2IO5S. The summed E-state index contributed by atoms with van der Waals surface area (Å²) in [6.45, 7) is -1.74. The van der Waals surface area contributed by atoms with E-state index in [2.05, 4.69) is 4.74 Å². The van der Waals surface area contributed by atoms with Gasteiger partial charge in [0.2, 0.25) is 0 Å². The summed E-state index contributed by atoms with van der Waals surface area (Å²) in [5, 5.41) is -4.52. The van der Waals surface area contributed by atoms with E-state index >= 15 is 0 Å². The van der Waals surface area contributed by atoms with Crippen LogP contribution in [0.5, 0.6) is 0 Å². The minimum atomic E-state index is -5.60. The van der Waals surface area contributed by atoms with Gasteiger partial charge in [-0.3, -0.25) is 4.55 Å². The van der Waals surface area contributed by atoms with Crippen molar-refractivity contribution in [2.75, 3.05) is 6.61 Å². The summed E-state index contributed by atoms with van der Waals surface area (Å²) in [5.41, 5.74) is 0.0317. The maximum Gasteiger partial charge on any atom is 0.402 e. The topological polar surface area (TPSA) is 80.7 Å². The Labute approximate surface area is 115 Å². The van der Waals surface area contributed by atoms with Crippen molar-refractivity contribution in [1.82, 2.24) is 0 Å². The second-order valence-corrected chi connectivity index (χ2v) is 5.88. The Morgan fingerprint density at radius 2 is 1.94 bits per heavy atom. The monoisotopic (exact) mass is 392 g/mol. The molecule has 0 aliphatic rings. The summed E-state index contributed by atoms with van der Waals surface area (Å²) in [7, 11) is -5.60. The molecule has 0 aliphatic heterocycles. The van der Waals surface area contributed by atoms with Gasteiger partial charge in [-0.25, -0.2) is 4.79 Å². The van der Waals surface area contributed by atoms with Crippen molar-refractivity contribution in [3.8, 4) is 0 Å². The first-order valence-corrected chi connectivity index (χ1v) is 6.93. The molecular weight excluding hydrogens is 385 g/mol. The van der Waals surface area contributed by atoms with Crippen LogP contribution in [0.1, 0.15) is 10.4 Å². The number of rotatable bonds is 4. The predicted octanol–water partition coefficient (Wildman–Crippen LogP) is 1.93. The summed E-state index contributed by atoms with van der Waals surface area (Å²) in [5.74, 6) is -1.09. The van der Waals surface area contributed by atoms with Crippen molar-refractivity contribution in [2.24, 2.45) is 0 Å². The van der Waals surface area contributed by atoms with E-state index in [0.29, 0.717) is 3.57 Å². The molecule has 0 spiro atoms. The first-order valence-electron chi connectivity index (χ1n) is 4.41. The van der Waals surface area contributed by atoms with Gasteiger partial charge in [-0.05, 0) is 34.7 Å². The lowest BCUT2D eigenvalue weighted by Gasteiger charge is -2.13. The van der Waals surface area contributed by atoms with Crippen LogP contribution in [-0.2, 0) is 14.9 Å². The zero-order valence-corrected chi connectivity index (χ0v) is 11.6. The summed E-state index contributed by atoms with van der Waals surface area (Å²) >= 11 is 1.80. The molecule has 0 atom stereocenters. The van der Waals surface area contributed by atoms with Gasteiger partial charge in [-0.2, -0.15) is 17.2 Å². The summed E-state index contributed by atoms with van der Waals surface area (Å²) in [6.07, 6.45) is 0. The molecule has 0 amide bonds. The Morgan fingerprint density at radius 3 is 2.44 bits per heavy atom. The van der Waals surface area contributed by atoms with E-state index in [0.717, 1.165) is 0 Å². The predicted molar refractivity (Wildman–Crippen MR) is 65.9 cm³/mol. The minimum absolute atomic E-state index is 0.0317. The highest BCUT2D eigenvalue weighted by molar-refractivity contribution is 14.1. The van der Waals surface area contributed by atoms with Crippen molar-refractivity contribution < 1.29 is 31.3 Å². The van der Waals surface area contributed by atoms with Crippen molar-refractivity contribution in [3.63, 3.8) is 0 Å². The van der Waals surface area contributed by atoms with Crippen LogP contribution in [0, 0.1) is 3.57 Å². The number of alkyl halides is 2. The van der Waals surface area contributed by atoms with Gasteiger partial charge < -0.3 is 4.74 Å². The summed E-state index contributed by atoms with van der Waals surface area (Å²) in [6, 6.07) is 6.03. The van der Waals surface area contributed by atoms with Gasteiger partial charge in [-0.15, -0.1) is 0 Å². The molecule has 0 bridgehead atoms. The molecule has 1 rings (SSSR count). The van der Waals surface area contributed by atoms with Gasteiger partial charge in [0.05, 0.1) is 5.56 Å². The van der Waals surface area contributed by atoms with Gasteiger partial charge in [0.1, 0.15) is 0 Å². The van der Waals surface area contributed by atoms with Crippen LogP contribution in [0.15, 0.2) is 24.3 Å². The molecule has 1 aromatic rings. The third-order valence-corrected chi connectivity index (χ3v) is 3.66. The van der Waals surface area contributed by atoms with E-state index < -0.39 is 27.9 Å². The number of ether oxygens (including phenoxy) is 1. The smallest absolute Gasteiger partial charge is 0.402 e. The van der Waals surface area contributed by atoms with E-state index in [-0.39, 0.29) is 5.56 Å². The Bertz CT molecular complexity index is 558. The second kappa shape index (κ2) is 5.45. The highest BCUT2D eigenvalue weighted by atomic mass is 127. The Morgan fingerprint density at radius 1 is 1.39 bits per heavy atom. The van der Waals surface area contributed by atoms with Crippen LogP contribution in [0.4, 0.5) is 8.78 Å². The number of carbonyl (C=O) groups excluding carboxylic acids is 1. The van der Waals surface area contributed by atoms with Gasteiger partial charge >= 0.3 is 21.3 Å². The molecule has 0 heterocycles. The fourth-order valence-electron chi connectivity index (χ4n) is 0.929. The Balaban J connectivity index is 2.77. The molecule has 9 heteroatoms. The molecule has 0 unspecified atom stereocenters. The van der Waals surface area contributed by atoms with Crippen LogP contribution in [0.25, 0.3) is 0 Å². The maximum atomic E-state index is 12.8. The average molecular weight is 392 g/mol. The van der Waals surface area contributed by atoms with Crippen LogP contribution in [0.2, 0.25) is 0 Å². The van der Waals surface area contributed by atoms with Crippen molar-refractivity contribution in [2.45, 2.75) is 5.25 Å². The number of carbonyl (C=O) groups is 1. The van der Waals surface area contributed by atoms with Crippen molar-refractivity contribution in [3.05, 3.63) is 33.4 Å². The van der Waals surface area contributed by atoms with Crippen LogP contribution < -0.4 is 0 Å². The van der Waals surface area contributed by atoms with Crippen LogP contribution >= 0.6 is 22.6 Å². The van der Waals surface area contributed by atoms with E-state index in [4.69, 9.17) is 4.55 Å².